The summed E-state index contributed by atoms with van der Waals surface area (Å²) < 4.78 is 5.68. The molecule has 0 fully saturated rings. The van der Waals surface area contributed by atoms with E-state index in [1.165, 1.54) is 0 Å². The zero-order valence-corrected chi connectivity index (χ0v) is 11.8. The van der Waals surface area contributed by atoms with E-state index in [9.17, 15) is 4.79 Å². The lowest BCUT2D eigenvalue weighted by Crippen LogP contribution is -2.36. The molecule has 21 heavy (non-hydrogen) atoms. The molecule has 1 amide bonds. The van der Waals surface area contributed by atoms with Gasteiger partial charge in [0.2, 0.25) is 5.91 Å². The van der Waals surface area contributed by atoms with E-state index in [1.807, 2.05) is 59.5 Å². The van der Waals surface area contributed by atoms with Gasteiger partial charge in [-0.1, -0.05) is 36.4 Å². The summed E-state index contributed by atoms with van der Waals surface area (Å²) >= 11 is 0. The number of carbonyl (C=O) groups is 1. The van der Waals surface area contributed by atoms with Crippen molar-refractivity contribution >= 4 is 11.6 Å². The number of hydrogen-bond donors (Lipinski definition) is 1. The number of rotatable bonds is 3. The molecule has 0 aromatic heterocycles. The highest BCUT2D eigenvalue weighted by molar-refractivity contribution is 5.81. The minimum Gasteiger partial charge on any atom is -0.491 e. The molecule has 1 heterocycles. The Morgan fingerprint density at radius 2 is 1.86 bits per heavy atom. The zero-order chi connectivity index (χ0) is 14.5. The third-order valence-electron chi connectivity index (χ3n) is 3.52. The van der Waals surface area contributed by atoms with Crippen molar-refractivity contribution in [2.75, 3.05) is 25.0 Å². The minimum atomic E-state index is 0.0826. The first-order chi connectivity index (χ1) is 10.3. The van der Waals surface area contributed by atoms with Crippen LogP contribution in [0.5, 0.6) is 5.75 Å². The molecule has 2 aromatic rings. The molecule has 0 spiro atoms. The molecular formula is C17H18N2O2. The predicted molar refractivity (Wildman–Crippen MR) is 82.3 cm³/mol. The number of nitrogens with one attached hydrogen (secondary N) is 1. The summed E-state index contributed by atoms with van der Waals surface area (Å²) in [5.41, 5.74) is 2.01. The molecule has 0 atom stereocenters. The second kappa shape index (κ2) is 6.31. The average molecular weight is 282 g/mol. The van der Waals surface area contributed by atoms with Gasteiger partial charge in [-0.15, -0.1) is 0 Å². The van der Waals surface area contributed by atoms with Crippen molar-refractivity contribution in [3.05, 3.63) is 60.2 Å². The zero-order valence-electron chi connectivity index (χ0n) is 11.8. The second-order valence-corrected chi connectivity index (χ2v) is 4.99. The first-order valence-corrected chi connectivity index (χ1v) is 7.10. The summed E-state index contributed by atoms with van der Waals surface area (Å²) in [6.45, 7) is 2.05. The Balaban J connectivity index is 1.63. The second-order valence-electron chi connectivity index (χ2n) is 4.99. The van der Waals surface area contributed by atoms with Crippen LogP contribution in [0.4, 0.5) is 5.69 Å². The highest BCUT2D eigenvalue weighted by Crippen LogP contribution is 2.22. The van der Waals surface area contributed by atoms with Gasteiger partial charge >= 0.3 is 0 Å². The Morgan fingerprint density at radius 1 is 1.10 bits per heavy atom. The van der Waals surface area contributed by atoms with Crippen LogP contribution in [-0.2, 0) is 11.3 Å². The number of anilines is 1. The lowest BCUT2D eigenvalue weighted by Gasteiger charge is -2.20. The number of ether oxygens (including phenoxy) is 1. The highest BCUT2D eigenvalue weighted by atomic mass is 16.5. The van der Waals surface area contributed by atoms with Crippen molar-refractivity contribution in [1.82, 2.24) is 4.90 Å². The van der Waals surface area contributed by atoms with Crippen molar-refractivity contribution in [3.8, 4) is 5.75 Å². The van der Waals surface area contributed by atoms with Crippen LogP contribution < -0.4 is 10.1 Å². The summed E-state index contributed by atoms with van der Waals surface area (Å²) in [4.78, 5) is 14.2. The molecule has 0 saturated heterocycles. The maximum Gasteiger partial charge on any atom is 0.242 e. The summed E-state index contributed by atoms with van der Waals surface area (Å²) in [5, 5.41) is 3.15. The Morgan fingerprint density at radius 3 is 2.71 bits per heavy atom. The average Bonchev–Trinajstić information content (AvgIpc) is 2.76. The fourth-order valence-electron chi connectivity index (χ4n) is 2.38. The molecule has 0 aliphatic carbocycles. The summed E-state index contributed by atoms with van der Waals surface area (Å²) in [7, 11) is 0. The molecule has 0 radical (unpaired) electrons. The van der Waals surface area contributed by atoms with Gasteiger partial charge in [-0.3, -0.25) is 4.79 Å². The molecule has 1 aliphatic heterocycles. The largest absolute Gasteiger partial charge is 0.491 e. The predicted octanol–water partition coefficient (Wildman–Crippen LogP) is 2.52. The number of fused-ring (bicyclic) bond motifs is 1. The van der Waals surface area contributed by atoms with Crippen LogP contribution in [0.25, 0.3) is 0 Å². The first-order valence-electron chi connectivity index (χ1n) is 7.10. The van der Waals surface area contributed by atoms with Crippen LogP contribution >= 0.6 is 0 Å². The van der Waals surface area contributed by atoms with E-state index in [-0.39, 0.29) is 5.91 Å². The maximum absolute atomic E-state index is 12.3. The Bertz CT molecular complexity index is 613. The molecule has 108 valence electrons. The van der Waals surface area contributed by atoms with E-state index in [2.05, 4.69) is 5.32 Å². The lowest BCUT2D eigenvalue weighted by atomic mass is 10.2. The quantitative estimate of drug-likeness (QED) is 0.940. The Labute approximate surface area is 124 Å². The monoisotopic (exact) mass is 282 g/mol. The van der Waals surface area contributed by atoms with Crippen LogP contribution in [-0.4, -0.2) is 30.5 Å². The van der Waals surface area contributed by atoms with Gasteiger partial charge in [0.25, 0.3) is 0 Å². The van der Waals surface area contributed by atoms with Crippen molar-refractivity contribution in [3.63, 3.8) is 0 Å². The van der Waals surface area contributed by atoms with Gasteiger partial charge in [0.1, 0.15) is 12.4 Å². The van der Waals surface area contributed by atoms with Crippen molar-refractivity contribution < 1.29 is 9.53 Å². The molecule has 0 bridgehead atoms. The van der Waals surface area contributed by atoms with Crippen LogP contribution in [0.2, 0.25) is 0 Å². The van der Waals surface area contributed by atoms with E-state index in [0.29, 0.717) is 26.2 Å². The Kier molecular flexibility index (Phi) is 4.05. The topological polar surface area (TPSA) is 41.6 Å². The summed E-state index contributed by atoms with van der Waals surface area (Å²) in [6.07, 6.45) is 0. The van der Waals surface area contributed by atoms with Gasteiger partial charge in [-0.25, -0.2) is 0 Å². The third-order valence-corrected chi connectivity index (χ3v) is 3.52. The fourth-order valence-corrected chi connectivity index (χ4v) is 2.38. The van der Waals surface area contributed by atoms with Crippen LogP contribution in [0.1, 0.15) is 5.56 Å². The molecule has 3 rings (SSSR count). The fraction of sp³-hybridized carbons (Fsp3) is 0.235. The van der Waals surface area contributed by atoms with Gasteiger partial charge in [-0.05, 0) is 18.2 Å². The van der Waals surface area contributed by atoms with E-state index < -0.39 is 0 Å². The van der Waals surface area contributed by atoms with Crippen LogP contribution in [0, 0.1) is 0 Å². The minimum absolute atomic E-state index is 0.0826. The van der Waals surface area contributed by atoms with Crippen molar-refractivity contribution in [2.45, 2.75) is 6.54 Å². The Hall–Kier alpha value is -2.49. The van der Waals surface area contributed by atoms with Crippen LogP contribution in [0.3, 0.4) is 0 Å². The van der Waals surface area contributed by atoms with Gasteiger partial charge in [0, 0.05) is 17.8 Å². The maximum atomic E-state index is 12.3. The van der Waals surface area contributed by atoms with Gasteiger partial charge < -0.3 is 15.0 Å². The molecule has 0 saturated carbocycles. The molecule has 1 N–H and O–H groups in total. The first kappa shape index (κ1) is 13.5. The number of benzene rings is 2. The number of amides is 1. The van der Waals surface area contributed by atoms with Gasteiger partial charge in [-0.2, -0.15) is 0 Å². The van der Waals surface area contributed by atoms with E-state index in [4.69, 9.17) is 4.74 Å². The third kappa shape index (κ3) is 3.34. The number of para-hydroxylation sites is 2. The van der Waals surface area contributed by atoms with Crippen molar-refractivity contribution in [2.24, 2.45) is 0 Å². The highest BCUT2D eigenvalue weighted by Gasteiger charge is 2.19. The van der Waals surface area contributed by atoms with E-state index >= 15 is 0 Å². The van der Waals surface area contributed by atoms with Crippen molar-refractivity contribution in [1.29, 1.82) is 0 Å². The molecule has 2 aromatic carbocycles. The number of hydrogen-bond acceptors (Lipinski definition) is 3. The number of carbonyl (C=O) groups excluding carboxylic acids is 1. The molecular weight excluding hydrogens is 264 g/mol. The summed E-state index contributed by atoms with van der Waals surface area (Å²) in [6, 6.07) is 17.6. The molecule has 0 unspecified atom stereocenters. The molecule has 1 aliphatic rings. The molecule has 4 heteroatoms. The van der Waals surface area contributed by atoms with Gasteiger partial charge in [0.05, 0.1) is 13.1 Å². The van der Waals surface area contributed by atoms with E-state index in [0.717, 1.165) is 17.0 Å². The number of nitrogens with zero attached hydrogens (tertiary/aromatic N) is 1. The normalized spacial score (nSPS) is 13.8. The van der Waals surface area contributed by atoms with Gasteiger partial charge in [0.15, 0.2) is 0 Å². The molecule has 4 nitrogen and oxygen atoms in total. The standard InChI is InChI=1S/C17H18N2O2/c20-17(12-18-15-7-2-1-3-8-15)19-10-11-21-16-9-5-4-6-14(16)13-19/h1-9,18H,10-13H2. The lowest BCUT2D eigenvalue weighted by molar-refractivity contribution is -0.130. The SMILES string of the molecule is O=C(CNc1ccccc1)N1CCOc2ccccc2C1. The summed E-state index contributed by atoms with van der Waals surface area (Å²) in [5.74, 6) is 0.961. The van der Waals surface area contributed by atoms with E-state index in [1.54, 1.807) is 0 Å². The smallest absolute Gasteiger partial charge is 0.242 e. The van der Waals surface area contributed by atoms with Crippen LogP contribution in [0.15, 0.2) is 54.6 Å².